The molecule has 1 saturated carbocycles. The van der Waals surface area contributed by atoms with Gasteiger partial charge >= 0.3 is 0 Å². The van der Waals surface area contributed by atoms with E-state index in [2.05, 4.69) is 49.1 Å². The fourth-order valence-corrected chi connectivity index (χ4v) is 2.82. The summed E-state index contributed by atoms with van der Waals surface area (Å²) in [7, 11) is 0. The maximum Gasteiger partial charge on any atom is 0.0224 e. The van der Waals surface area contributed by atoms with Crippen LogP contribution in [0.25, 0.3) is 0 Å². The van der Waals surface area contributed by atoms with Crippen molar-refractivity contribution >= 4 is 0 Å². The second-order valence-corrected chi connectivity index (χ2v) is 6.24. The highest BCUT2D eigenvalue weighted by Crippen LogP contribution is 2.30. The van der Waals surface area contributed by atoms with Crippen molar-refractivity contribution in [3.05, 3.63) is 35.9 Å². The molecule has 1 atom stereocenters. The first-order chi connectivity index (χ1) is 9.20. The lowest BCUT2D eigenvalue weighted by Gasteiger charge is -2.32. The SMILES string of the molecule is CC(C)CN(C(CN)CCc1ccccc1)C1CC1. The number of benzene rings is 1. The Bertz CT molecular complexity index is 357. The van der Waals surface area contributed by atoms with Crippen LogP contribution in [0.4, 0.5) is 0 Å². The van der Waals surface area contributed by atoms with E-state index in [-0.39, 0.29) is 0 Å². The Labute approximate surface area is 118 Å². The molecular weight excluding hydrogens is 232 g/mol. The van der Waals surface area contributed by atoms with E-state index in [0.717, 1.165) is 24.9 Å². The average molecular weight is 260 g/mol. The van der Waals surface area contributed by atoms with Gasteiger partial charge in [-0.25, -0.2) is 0 Å². The molecule has 106 valence electrons. The highest BCUT2D eigenvalue weighted by molar-refractivity contribution is 5.14. The molecule has 0 saturated heterocycles. The first kappa shape index (κ1) is 14.5. The van der Waals surface area contributed by atoms with Crippen LogP contribution in [0.3, 0.4) is 0 Å². The monoisotopic (exact) mass is 260 g/mol. The third kappa shape index (κ3) is 4.63. The van der Waals surface area contributed by atoms with Crippen molar-refractivity contribution in [2.24, 2.45) is 11.7 Å². The van der Waals surface area contributed by atoms with Gasteiger partial charge in [0.25, 0.3) is 0 Å². The number of hydrogen-bond acceptors (Lipinski definition) is 2. The number of hydrogen-bond donors (Lipinski definition) is 1. The molecule has 0 aliphatic heterocycles. The Morgan fingerprint density at radius 2 is 1.89 bits per heavy atom. The van der Waals surface area contributed by atoms with Gasteiger partial charge in [0, 0.05) is 25.2 Å². The molecule has 0 amide bonds. The quantitative estimate of drug-likeness (QED) is 0.778. The normalized spacial score (nSPS) is 17.1. The second-order valence-electron chi connectivity index (χ2n) is 6.24. The summed E-state index contributed by atoms with van der Waals surface area (Å²) in [5.74, 6) is 0.728. The first-order valence-corrected chi connectivity index (χ1v) is 7.70. The molecule has 2 heteroatoms. The molecule has 0 heterocycles. The van der Waals surface area contributed by atoms with Crippen molar-refractivity contribution in [2.45, 2.75) is 51.6 Å². The van der Waals surface area contributed by atoms with Gasteiger partial charge in [0.05, 0.1) is 0 Å². The van der Waals surface area contributed by atoms with Crippen molar-refractivity contribution in [1.29, 1.82) is 0 Å². The molecule has 1 aliphatic rings. The van der Waals surface area contributed by atoms with E-state index in [4.69, 9.17) is 5.73 Å². The van der Waals surface area contributed by atoms with Crippen LogP contribution in [0.5, 0.6) is 0 Å². The van der Waals surface area contributed by atoms with E-state index < -0.39 is 0 Å². The van der Waals surface area contributed by atoms with Gasteiger partial charge in [-0.3, -0.25) is 4.90 Å². The summed E-state index contributed by atoms with van der Waals surface area (Å²) in [6.07, 6.45) is 5.07. The Morgan fingerprint density at radius 1 is 1.21 bits per heavy atom. The topological polar surface area (TPSA) is 29.3 Å². The highest BCUT2D eigenvalue weighted by Gasteiger charge is 2.33. The number of rotatable bonds is 8. The average Bonchev–Trinajstić information content (AvgIpc) is 3.23. The minimum Gasteiger partial charge on any atom is -0.329 e. The molecule has 1 fully saturated rings. The fraction of sp³-hybridized carbons (Fsp3) is 0.647. The van der Waals surface area contributed by atoms with Gasteiger partial charge in [0.1, 0.15) is 0 Å². The van der Waals surface area contributed by atoms with Crippen molar-refractivity contribution in [3.8, 4) is 0 Å². The lowest BCUT2D eigenvalue weighted by atomic mass is 10.0. The Kier molecular flexibility index (Phi) is 5.41. The van der Waals surface area contributed by atoms with E-state index >= 15 is 0 Å². The van der Waals surface area contributed by atoms with Crippen molar-refractivity contribution in [3.63, 3.8) is 0 Å². The van der Waals surface area contributed by atoms with Gasteiger partial charge in [-0.2, -0.15) is 0 Å². The van der Waals surface area contributed by atoms with Crippen LogP contribution < -0.4 is 5.73 Å². The smallest absolute Gasteiger partial charge is 0.0224 e. The van der Waals surface area contributed by atoms with Crippen LogP contribution in [0, 0.1) is 5.92 Å². The summed E-state index contributed by atoms with van der Waals surface area (Å²) in [5.41, 5.74) is 7.47. The summed E-state index contributed by atoms with van der Waals surface area (Å²) in [6.45, 7) is 6.59. The van der Waals surface area contributed by atoms with E-state index in [9.17, 15) is 0 Å². The van der Waals surface area contributed by atoms with Crippen LogP contribution in [-0.4, -0.2) is 30.1 Å². The molecular formula is C17H28N2. The molecule has 19 heavy (non-hydrogen) atoms. The second kappa shape index (κ2) is 7.06. The van der Waals surface area contributed by atoms with Gasteiger partial charge in [-0.1, -0.05) is 44.2 Å². The molecule has 2 nitrogen and oxygen atoms in total. The predicted molar refractivity (Wildman–Crippen MR) is 82.2 cm³/mol. The van der Waals surface area contributed by atoms with E-state index in [1.165, 1.54) is 31.4 Å². The zero-order chi connectivity index (χ0) is 13.7. The van der Waals surface area contributed by atoms with Gasteiger partial charge < -0.3 is 5.73 Å². The summed E-state index contributed by atoms with van der Waals surface area (Å²) in [5, 5.41) is 0. The molecule has 2 rings (SSSR count). The van der Waals surface area contributed by atoms with E-state index in [1.807, 2.05) is 0 Å². The zero-order valence-electron chi connectivity index (χ0n) is 12.4. The van der Waals surface area contributed by atoms with E-state index in [0.29, 0.717) is 6.04 Å². The van der Waals surface area contributed by atoms with Crippen LogP contribution in [-0.2, 0) is 6.42 Å². The maximum atomic E-state index is 6.04. The third-order valence-electron chi connectivity index (χ3n) is 3.94. The van der Waals surface area contributed by atoms with Crippen molar-refractivity contribution in [1.82, 2.24) is 4.90 Å². The minimum atomic E-state index is 0.551. The molecule has 1 aromatic carbocycles. The summed E-state index contributed by atoms with van der Waals surface area (Å²) < 4.78 is 0. The summed E-state index contributed by atoms with van der Waals surface area (Å²) in [4.78, 5) is 2.67. The molecule has 0 bridgehead atoms. The van der Waals surface area contributed by atoms with Crippen molar-refractivity contribution < 1.29 is 0 Å². The molecule has 1 aromatic rings. The third-order valence-corrected chi connectivity index (χ3v) is 3.94. The van der Waals surface area contributed by atoms with Gasteiger partial charge in [-0.05, 0) is 37.2 Å². The summed E-state index contributed by atoms with van der Waals surface area (Å²) >= 11 is 0. The Hall–Kier alpha value is -0.860. The Morgan fingerprint density at radius 3 is 2.42 bits per heavy atom. The van der Waals surface area contributed by atoms with Crippen LogP contribution in [0.1, 0.15) is 38.7 Å². The van der Waals surface area contributed by atoms with Crippen LogP contribution >= 0.6 is 0 Å². The summed E-state index contributed by atoms with van der Waals surface area (Å²) in [6, 6.07) is 12.1. The van der Waals surface area contributed by atoms with Crippen molar-refractivity contribution in [2.75, 3.05) is 13.1 Å². The van der Waals surface area contributed by atoms with Gasteiger partial charge in [0.2, 0.25) is 0 Å². The molecule has 0 aromatic heterocycles. The van der Waals surface area contributed by atoms with Crippen LogP contribution in [0.2, 0.25) is 0 Å². The van der Waals surface area contributed by atoms with E-state index in [1.54, 1.807) is 0 Å². The maximum absolute atomic E-state index is 6.04. The van der Waals surface area contributed by atoms with Gasteiger partial charge in [0.15, 0.2) is 0 Å². The van der Waals surface area contributed by atoms with Crippen LogP contribution in [0.15, 0.2) is 30.3 Å². The molecule has 0 radical (unpaired) electrons. The number of aryl methyl sites for hydroxylation is 1. The zero-order valence-corrected chi connectivity index (χ0v) is 12.4. The largest absolute Gasteiger partial charge is 0.329 e. The lowest BCUT2D eigenvalue weighted by molar-refractivity contribution is 0.161. The highest BCUT2D eigenvalue weighted by atomic mass is 15.2. The van der Waals surface area contributed by atoms with Gasteiger partial charge in [-0.15, -0.1) is 0 Å². The lowest BCUT2D eigenvalue weighted by Crippen LogP contribution is -2.44. The minimum absolute atomic E-state index is 0.551. The molecule has 0 spiro atoms. The number of nitrogens with zero attached hydrogens (tertiary/aromatic N) is 1. The molecule has 1 unspecified atom stereocenters. The fourth-order valence-electron chi connectivity index (χ4n) is 2.82. The predicted octanol–water partition coefficient (Wildman–Crippen LogP) is 3.07. The molecule has 1 aliphatic carbocycles. The first-order valence-electron chi connectivity index (χ1n) is 7.70. The number of nitrogens with two attached hydrogens (primary N) is 1. The Balaban J connectivity index is 1.90. The molecule has 2 N–H and O–H groups in total. The standard InChI is InChI=1S/C17H28N2/c1-14(2)13-19(16-10-11-16)17(12-18)9-8-15-6-4-3-5-7-15/h3-7,14,16-17H,8-13,18H2,1-2H3.